The second-order valence-electron chi connectivity index (χ2n) is 9.07. The van der Waals surface area contributed by atoms with Gasteiger partial charge in [0.15, 0.2) is 0 Å². The van der Waals surface area contributed by atoms with E-state index in [1.807, 2.05) is 24.3 Å². The van der Waals surface area contributed by atoms with Gasteiger partial charge in [0.1, 0.15) is 12.0 Å². The van der Waals surface area contributed by atoms with E-state index in [0.717, 1.165) is 22.3 Å². The molecule has 2 atom stereocenters. The molecule has 1 fully saturated rings. The Morgan fingerprint density at radius 2 is 1.74 bits per heavy atom. The van der Waals surface area contributed by atoms with Crippen molar-refractivity contribution in [2.75, 3.05) is 32.9 Å². The highest BCUT2D eigenvalue weighted by atomic mass is 16.5. The molecule has 180 valence electrons. The molecule has 8 nitrogen and oxygen atoms in total. The van der Waals surface area contributed by atoms with E-state index in [4.69, 9.17) is 9.47 Å². The molecule has 1 aliphatic carbocycles. The van der Waals surface area contributed by atoms with Crippen LogP contribution >= 0.6 is 0 Å². The number of carbonyl (C=O) groups excluding carboxylic acids is 2. The molecule has 1 heterocycles. The summed E-state index contributed by atoms with van der Waals surface area (Å²) in [6.45, 7) is 2.55. The summed E-state index contributed by atoms with van der Waals surface area (Å²) in [5.41, 5.74) is 3.46. The minimum Gasteiger partial charge on any atom is -0.481 e. The van der Waals surface area contributed by atoms with E-state index >= 15 is 0 Å². The summed E-state index contributed by atoms with van der Waals surface area (Å²) in [5, 5.41) is 14.9. The van der Waals surface area contributed by atoms with Gasteiger partial charge < -0.3 is 25.2 Å². The molecule has 3 N–H and O–H groups in total. The Balaban J connectivity index is 1.26. The molecule has 2 aliphatic rings. The van der Waals surface area contributed by atoms with E-state index in [0.29, 0.717) is 19.4 Å². The van der Waals surface area contributed by atoms with Crippen LogP contribution in [0.4, 0.5) is 4.79 Å². The SMILES string of the molecule is CC(CNC(=O)OCC1c2ccccc2-c2ccccc21)C(=O)NCC1(C(=O)O)CCCOC1. The standard InChI is InChI=1S/C26H30N2O6/c1-17(23(29)28-15-26(24(30)31)11-6-12-33-16-26)13-27-25(32)34-14-22-20-9-4-2-7-18(20)19-8-3-5-10-21(19)22/h2-5,7-10,17,22H,6,11-16H2,1H3,(H,27,32)(H,28,29)(H,30,31). The Bertz CT molecular complexity index is 1020. The number of benzene rings is 2. The van der Waals surface area contributed by atoms with Crippen molar-refractivity contribution in [3.05, 3.63) is 59.7 Å². The zero-order valence-corrected chi connectivity index (χ0v) is 19.2. The van der Waals surface area contributed by atoms with E-state index in [1.54, 1.807) is 6.92 Å². The Hall–Kier alpha value is -3.39. The first-order chi connectivity index (χ1) is 16.4. The molecule has 0 bridgehead atoms. The third kappa shape index (κ3) is 4.92. The number of carbonyl (C=O) groups is 3. The van der Waals surface area contributed by atoms with Crippen molar-refractivity contribution in [3.63, 3.8) is 0 Å². The molecule has 2 aromatic rings. The largest absolute Gasteiger partial charge is 0.481 e. The second kappa shape index (κ2) is 10.3. The highest BCUT2D eigenvalue weighted by Crippen LogP contribution is 2.44. The number of hydrogen-bond acceptors (Lipinski definition) is 5. The molecule has 0 aromatic heterocycles. The van der Waals surface area contributed by atoms with E-state index in [1.165, 1.54) is 0 Å². The summed E-state index contributed by atoms with van der Waals surface area (Å²) in [5.74, 6) is -1.89. The molecule has 34 heavy (non-hydrogen) atoms. The highest BCUT2D eigenvalue weighted by Gasteiger charge is 2.41. The molecule has 0 spiro atoms. The maximum Gasteiger partial charge on any atom is 0.407 e. The maximum absolute atomic E-state index is 12.5. The minimum absolute atomic E-state index is 0.00352. The van der Waals surface area contributed by atoms with Crippen molar-refractivity contribution in [2.45, 2.75) is 25.7 Å². The number of nitrogens with one attached hydrogen (secondary N) is 2. The number of amides is 2. The fraction of sp³-hybridized carbons (Fsp3) is 0.423. The molecule has 2 amide bonds. The highest BCUT2D eigenvalue weighted by molar-refractivity contribution is 5.81. The van der Waals surface area contributed by atoms with Crippen LogP contribution < -0.4 is 10.6 Å². The zero-order chi connectivity index (χ0) is 24.1. The molecule has 0 radical (unpaired) electrons. The van der Waals surface area contributed by atoms with Crippen LogP contribution in [0.5, 0.6) is 0 Å². The predicted octanol–water partition coefficient (Wildman–Crippen LogP) is 3.16. The van der Waals surface area contributed by atoms with Crippen LogP contribution in [0, 0.1) is 11.3 Å². The molecule has 1 aliphatic heterocycles. The molecule has 2 aromatic carbocycles. The molecule has 4 rings (SSSR count). The Morgan fingerprint density at radius 1 is 1.09 bits per heavy atom. The van der Waals surface area contributed by atoms with Crippen LogP contribution in [0.15, 0.2) is 48.5 Å². The lowest BCUT2D eigenvalue weighted by Gasteiger charge is -2.33. The Morgan fingerprint density at radius 3 is 2.32 bits per heavy atom. The van der Waals surface area contributed by atoms with Crippen molar-refractivity contribution >= 4 is 18.0 Å². The summed E-state index contributed by atoms with van der Waals surface area (Å²) in [6, 6.07) is 16.2. The molecular weight excluding hydrogens is 436 g/mol. The first-order valence-electron chi connectivity index (χ1n) is 11.6. The average molecular weight is 467 g/mol. The van der Waals surface area contributed by atoms with Gasteiger partial charge in [-0.05, 0) is 35.1 Å². The number of fused-ring (bicyclic) bond motifs is 3. The lowest BCUT2D eigenvalue weighted by molar-refractivity contribution is -0.157. The number of rotatable bonds is 8. The van der Waals surface area contributed by atoms with E-state index < -0.39 is 23.4 Å². The first kappa shape index (κ1) is 23.8. The van der Waals surface area contributed by atoms with Crippen molar-refractivity contribution in [1.82, 2.24) is 10.6 Å². The Labute approximate surface area is 198 Å². The summed E-state index contributed by atoms with van der Waals surface area (Å²) < 4.78 is 10.8. The van der Waals surface area contributed by atoms with Gasteiger partial charge in [-0.3, -0.25) is 9.59 Å². The van der Waals surface area contributed by atoms with E-state index in [-0.39, 0.29) is 38.1 Å². The number of carboxylic acid groups (broad SMARTS) is 1. The number of carboxylic acids is 1. The maximum atomic E-state index is 12.5. The number of aliphatic carboxylic acids is 1. The molecular formula is C26H30N2O6. The molecule has 2 unspecified atom stereocenters. The summed E-state index contributed by atoms with van der Waals surface area (Å²) >= 11 is 0. The fourth-order valence-corrected chi connectivity index (χ4v) is 4.65. The summed E-state index contributed by atoms with van der Waals surface area (Å²) in [7, 11) is 0. The predicted molar refractivity (Wildman–Crippen MR) is 125 cm³/mol. The lowest BCUT2D eigenvalue weighted by Crippen LogP contribution is -2.49. The van der Waals surface area contributed by atoms with Gasteiger partial charge in [-0.15, -0.1) is 0 Å². The smallest absolute Gasteiger partial charge is 0.407 e. The third-order valence-electron chi connectivity index (χ3n) is 6.72. The monoisotopic (exact) mass is 466 g/mol. The van der Waals surface area contributed by atoms with E-state index in [2.05, 4.69) is 34.9 Å². The third-order valence-corrected chi connectivity index (χ3v) is 6.72. The van der Waals surface area contributed by atoms with Gasteiger partial charge in [0.2, 0.25) is 5.91 Å². The minimum atomic E-state index is -1.10. The van der Waals surface area contributed by atoms with Crippen molar-refractivity contribution in [3.8, 4) is 11.1 Å². The summed E-state index contributed by atoms with van der Waals surface area (Å²) in [6.07, 6.45) is 0.500. The van der Waals surface area contributed by atoms with Crippen LogP contribution in [-0.4, -0.2) is 56.0 Å². The molecule has 8 heteroatoms. The second-order valence-corrected chi connectivity index (χ2v) is 9.07. The lowest BCUT2D eigenvalue weighted by atomic mass is 9.82. The Kier molecular flexibility index (Phi) is 7.17. The fourth-order valence-electron chi connectivity index (χ4n) is 4.65. The van der Waals surface area contributed by atoms with Gasteiger partial charge >= 0.3 is 12.1 Å². The zero-order valence-electron chi connectivity index (χ0n) is 19.2. The first-order valence-corrected chi connectivity index (χ1v) is 11.6. The molecule has 1 saturated heterocycles. The number of hydrogen-bond donors (Lipinski definition) is 3. The van der Waals surface area contributed by atoms with Crippen molar-refractivity contribution < 1.29 is 29.0 Å². The number of alkyl carbamates (subject to hydrolysis) is 1. The van der Waals surface area contributed by atoms with Gasteiger partial charge in [-0.2, -0.15) is 0 Å². The van der Waals surface area contributed by atoms with Gasteiger partial charge in [0.25, 0.3) is 0 Å². The van der Waals surface area contributed by atoms with Crippen LogP contribution in [0.2, 0.25) is 0 Å². The van der Waals surface area contributed by atoms with Gasteiger partial charge in [-0.25, -0.2) is 4.79 Å². The van der Waals surface area contributed by atoms with Crippen LogP contribution in [0.3, 0.4) is 0 Å². The van der Waals surface area contributed by atoms with Crippen LogP contribution in [-0.2, 0) is 19.1 Å². The van der Waals surface area contributed by atoms with Gasteiger partial charge in [-0.1, -0.05) is 55.5 Å². The topological polar surface area (TPSA) is 114 Å². The summed E-state index contributed by atoms with van der Waals surface area (Å²) in [4.78, 5) is 36.5. The van der Waals surface area contributed by atoms with Crippen molar-refractivity contribution in [2.24, 2.45) is 11.3 Å². The van der Waals surface area contributed by atoms with Crippen molar-refractivity contribution in [1.29, 1.82) is 0 Å². The normalized spacial score (nSPS) is 20.0. The quantitative estimate of drug-likeness (QED) is 0.551. The van der Waals surface area contributed by atoms with Gasteiger partial charge in [0, 0.05) is 25.6 Å². The average Bonchev–Trinajstić information content (AvgIpc) is 3.18. The van der Waals surface area contributed by atoms with Crippen LogP contribution in [0.1, 0.15) is 36.8 Å². The number of ether oxygens (including phenoxy) is 2. The molecule has 0 saturated carbocycles. The van der Waals surface area contributed by atoms with Gasteiger partial charge in [0.05, 0.1) is 12.5 Å². The van der Waals surface area contributed by atoms with Crippen LogP contribution in [0.25, 0.3) is 11.1 Å². The van der Waals surface area contributed by atoms with E-state index in [9.17, 15) is 19.5 Å².